The fourth-order valence-electron chi connectivity index (χ4n) is 7.27. The number of amides is 1. The number of methoxy groups -OCH3 is 1. The van der Waals surface area contributed by atoms with Gasteiger partial charge >= 0.3 is 12.1 Å². The largest absolute Gasteiger partial charge is 0.466 e. The van der Waals surface area contributed by atoms with Crippen LogP contribution in [0.4, 0.5) is 22.0 Å². The van der Waals surface area contributed by atoms with Crippen LogP contribution in [0.2, 0.25) is 0 Å². The van der Waals surface area contributed by atoms with Crippen molar-refractivity contribution in [1.82, 2.24) is 14.8 Å². The number of pyridine rings is 1. The number of halogens is 5. The van der Waals surface area contributed by atoms with Gasteiger partial charge in [-0.15, -0.1) is 0 Å². The second-order valence-electron chi connectivity index (χ2n) is 14.6. The zero-order chi connectivity index (χ0) is 39.9. The van der Waals surface area contributed by atoms with Gasteiger partial charge in [-0.3, -0.25) is 14.4 Å². The summed E-state index contributed by atoms with van der Waals surface area (Å²) in [6, 6.07) is 2.67. The molecule has 4 rings (SSSR count). The van der Waals surface area contributed by atoms with Crippen molar-refractivity contribution in [1.29, 1.82) is 0 Å². The summed E-state index contributed by atoms with van der Waals surface area (Å²) in [6.45, 7) is 13.0. The maximum atomic E-state index is 17.0. The van der Waals surface area contributed by atoms with E-state index in [9.17, 15) is 27.6 Å². The third-order valence-electron chi connectivity index (χ3n) is 9.84. The number of carbonyl (C=O) groups excluding carboxylic acids is 2. The summed E-state index contributed by atoms with van der Waals surface area (Å²) in [5.41, 5.74) is 0.247. The number of nitrogens with one attached hydrogen (secondary N) is 1. The lowest BCUT2D eigenvalue weighted by Crippen LogP contribution is -2.41. The molecule has 0 radical (unpaired) electrons. The van der Waals surface area contributed by atoms with Crippen LogP contribution in [0, 0.1) is 38.3 Å². The van der Waals surface area contributed by atoms with Gasteiger partial charge in [-0.25, -0.2) is 8.78 Å². The monoisotopic (exact) mass is 761 g/mol. The number of carbonyl (C=O) groups is 2. The Bertz CT molecular complexity index is 1850. The van der Waals surface area contributed by atoms with E-state index in [4.69, 9.17) is 9.47 Å². The Kier molecular flexibility index (Phi) is 14.6. The van der Waals surface area contributed by atoms with Crippen LogP contribution >= 0.6 is 0 Å². The summed E-state index contributed by atoms with van der Waals surface area (Å²) in [5.74, 6) is -3.95. The minimum absolute atomic E-state index is 0.00228. The van der Waals surface area contributed by atoms with E-state index < -0.39 is 64.9 Å². The maximum Gasteiger partial charge on any atom is 0.416 e. The first kappa shape index (κ1) is 42.6. The zero-order valence-corrected chi connectivity index (χ0v) is 32.2. The number of nitrogens with zero attached hydrogens (tertiary/aromatic N) is 2. The number of hydrogen-bond acceptors (Lipinski definition) is 6. The number of esters is 1. The summed E-state index contributed by atoms with van der Waals surface area (Å²) in [6.07, 6.45) is -2.89. The molecule has 1 amide bonds. The fourth-order valence-corrected chi connectivity index (χ4v) is 7.27. The highest BCUT2D eigenvalue weighted by Gasteiger charge is 2.37. The lowest BCUT2D eigenvalue weighted by molar-refractivity contribution is -0.144. The molecule has 1 aliphatic heterocycles. The molecule has 54 heavy (non-hydrogen) atoms. The van der Waals surface area contributed by atoms with Crippen molar-refractivity contribution >= 4 is 11.9 Å². The van der Waals surface area contributed by atoms with Crippen molar-refractivity contribution in [3.05, 3.63) is 91.4 Å². The van der Waals surface area contributed by atoms with E-state index >= 15 is 8.78 Å². The molecule has 13 heteroatoms. The van der Waals surface area contributed by atoms with Crippen molar-refractivity contribution in [2.24, 2.45) is 5.92 Å². The topological polar surface area (TPSA) is 89.9 Å². The molecule has 1 unspecified atom stereocenters. The first-order chi connectivity index (χ1) is 25.5. The molecule has 0 aliphatic carbocycles. The van der Waals surface area contributed by atoms with E-state index in [0.29, 0.717) is 24.6 Å². The predicted molar refractivity (Wildman–Crippen MR) is 197 cm³/mol. The van der Waals surface area contributed by atoms with Crippen LogP contribution in [0.5, 0.6) is 0 Å². The fraction of sp³-hybridized carbons (Fsp3) is 0.537. The van der Waals surface area contributed by atoms with Crippen molar-refractivity contribution in [2.45, 2.75) is 98.3 Å². The van der Waals surface area contributed by atoms with Crippen LogP contribution in [0.25, 0.3) is 11.1 Å². The Morgan fingerprint density at radius 1 is 0.963 bits per heavy atom. The minimum atomic E-state index is -4.81. The quantitative estimate of drug-likeness (QED) is 0.111. The molecule has 0 saturated carbocycles. The number of aromatic nitrogens is 1. The van der Waals surface area contributed by atoms with Crippen LogP contribution in [-0.4, -0.2) is 61.3 Å². The van der Waals surface area contributed by atoms with Crippen molar-refractivity contribution in [3.8, 4) is 11.1 Å². The predicted octanol–water partition coefficient (Wildman–Crippen LogP) is 7.96. The highest BCUT2D eigenvalue weighted by molar-refractivity contribution is 5.82. The number of rotatable bonds is 17. The minimum Gasteiger partial charge on any atom is -0.466 e. The molecule has 1 aliphatic rings. The molecular formula is C41H52F5N3O5. The summed E-state index contributed by atoms with van der Waals surface area (Å²) >= 11 is 0. The number of ether oxygens (including phenoxy) is 2. The van der Waals surface area contributed by atoms with Gasteiger partial charge < -0.3 is 24.3 Å². The molecule has 1 N–H and O–H groups in total. The van der Waals surface area contributed by atoms with Gasteiger partial charge in [0, 0.05) is 30.5 Å². The molecule has 1 fully saturated rings. The van der Waals surface area contributed by atoms with E-state index in [1.165, 1.54) is 13.2 Å². The van der Waals surface area contributed by atoms with E-state index in [1.54, 1.807) is 20.8 Å². The lowest BCUT2D eigenvalue weighted by Gasteiger charge is -2.30. The van der Waals surface area contributed by atoms with Crippen molar-refractivity contribution in [3.63, 3.8) is 0 Å². The molecule has 1 aromatic heterocycles. The van der Waals surface area contributed by atoms with Crippen molar-refractivity contribution in [2.75, 3.05) is 40.0 Å². The summed E-state index contributed by atoms with van der Waals surface area (Å²) in [7, 11) is 1.44. The second-order valence-corrected chi connectivity index (χ2v) is 14.6. The van der Waals surface area contributed by atoms with E-state index in [-0.39, 0.29) is 55.1 Å². The van der Waals surface area contributed by atoms with Gasteiger partial charge in [-0.2, -0.15) is 13.2 Å². The van der Waals surface area contributed by atoms with Gasteiger partial charge in [-0.05, 0) is 119 Å². The first-order valence-electron chi connectivity index (χ1n) is 18.5. The van der Waals surface area contributed by atoms with Gasteiger partial charge in [-0.1, -0.05) is 31.5 Å². The highest BCUT2D eigenvalue weighted by atomic mass is 19.4. The van der Waals surface area contributed by atoms with Gasteiger partial charge in [0.15, 0.2) is 0 Å². The molecule has 2 aromatic carbocycles. The van der Waals surface area contributed by atoms with Gasteiger partial charge in [0.25, 0.3) is 5.56 Å². The zero-order valence-electron chi connectivity index (χ0n) is 32.2. The molecule has 8 nitrogen and oxygen atoms in total. The van der Waals surface area contributed by atoms with Gasteiger partial charge in [0.05, 0.1) is 31.2 Å². The Hall–Kier alpha value is -4.10. The Labute approximate surface area is 314 Å². The number of benzene rings is 2. The van der Waals surface area contributed by atoms with Crippen LogP contribution in [0.1, 0.15) is 97.5 Å². The van der Waals surface area contributed by atoms with Crippen molar-refractivity contribution < 1.29 is 41.0 Å². The second kappa shape index (κ2) is 18.5. The average Bonchev–Trinajstić information content (AvgIpc) is 3.04. The van der Waals surface area contributed by atoms with E-state index in [0.717, 1.165) is 47.0 Å². The third-order valence-corrected chi connectivity index (χ3v) is 9.84. The normalized spacial score (nSPS) is 14.5. The average molecular weight is 762 g/mol. The Balaban J connectivity index is 1.86. The number of aryl methyl sites for hydroxylation is 4. The number of likely N-dealkylation sites (tertiary alicyclic amines) is 1. The SMILES string of the molecule is CCOC(=O)C[C@H](NC(=O)C(CC(C)C)n1cc(CCCN2CCC2)c(C(F)(F)F)cc1=O)c1c(F)c(CCOC)cc(-c2c(C)cc(C)cc2C)c1F. The van der Waals surface area contributed by atoms with Crippen LogP contribution < -0.4 is 10.9 Å². The summed E-state index contributed by atoms with van der Waals surface area (Å²) in [4.78, 5) is 42.9. The van der Waals surface area contributed by atoms with Crippen LogP contribution in [0.15, 0.2) is 35.3 Å². The van der Waals surface area contributed by atoms with Crippen LogP contribution in [0.3, 0.4) is 0 Å². The standard InChI is InChI=1S/C41H52F5N3O5/c1-8-54-35(51)22-32(37-38(42)28(12-16-53-7)20-30(39(37)43)36-26(5)18-25(4)19-27(36)6)47-40(52)33(17-24(2)3)49-23-29(11-9-13-48-14-10-15-48)31(21-34(49)50)41(44,45)46/h18-21,23-24,32-33H,8-17,22H2,1-7H3,(H,47,52)/t32-,33?/m0/s1. The smallest absolute Gasteiger partial charge is 0.416 e. The molecule has 3 aromatic rings. The summed E-state index contributed by atoms with van der Waals surface area (Å²) < 4.78 is 87.5. The van der Waals surface area contributed by atoms with Gasteiger partial charge in [0.2, 0.25) is 5.91 Å². The molecule has 2 heterocycles. The van der Waals surface area contributed by atoms with Crippen LogP contribution in [-0.2, 0) is 38.1 Å². The molecule has 0 bridgehead atoms. The maximum absolute atomic E-state index is 17.0. The third kappa shape index (κ3) is 10.3. The number of alkyl halides is 3. The lowest BCUT2D eigenvalue weighted by atomic mass is 9.88. The highest BCUT2D eigenvalue weighted by Crippen LogP contribution is 2.38. The van der Waals surface area contributed by atoms with Gasteiger partial charge in [0.1, 0.15) is 17.7 Å². The van der Waals surface area contributed by atoms with E-state index in [1.807, 2.05) is 32.9 Å². The molecule has 0 spiro atoms. The Morgan fingerprint density at radius 2 is 1.63 bits per heavy atom. The number of hydrogen-bond donors (Lipinski definition) is 1. The Morgan fingerprint density at radius 3 is 2.19 bits per heavy atom. The molecule has 296 valence electrons. The molecular weight excluding hydrogens is 709 g/mol. The molecule has 2 atom stereocenters. The molecule has 1 saturated heterocycles. The van der Waals surface area contributed by atoms with E-state index in [2.05, 4.69) is 10.2 Å². The first-order valence-corrected chi connectivity index (χ1v) is 18.5. The summed E-state index contributed by atoms with van der Waals surface area (Å²) in [5, 5.41) is 2.63.